The average Bonchev–Trinajstić information content (AvgIpc) is 2.87. The van der Waals surface area contributed by atoms with Gasteiger partial charge in [0.25, 0.3) is 0 Å². The van der Waals surface area contributed by atoms with Crippen LogP contribution in [0.25, 0.3) is 0 Å². The molecule has 5 heteroatoms. The number of thiophene rings is 2. The predicted molar refractivity (Wildman–Crippen MR) is 64.8 cm³/mol. The Morgan fingerprint density at radius 3 is 2.88 bits per heavy atom. The van der Waals surface area contributed by atoms with Crippen molar-refractivity contribution < 1.29 is 14.6 Å². The summed E-state index contributed by atoms with van der Waals surface area (Å²) < 4.78 is 5.45. The molecule has 2 rings (SSSR count). The quantitative estimate of drug-likeness (QED) is 0.891. The van der Waals surface area contributed by atoms with E-state index in [2.05, 4.69) is 0 Å². The summed E-state index contributed by atoms with van der Waals surface area (Å²) >= 11 is 2.86. The van der Waals surface area contributed by atoms with E-state index >= 15 is 0 Å². The summed E-state index contributed by atoms with van der Waals surface area (Å²) in [5.74, 6) is -0.463. The lowest BCUT2D eigenvalue weighted by atomic mass is 10.3. The molecule has 0 aliphatic rings. The predicted octanol–water partition coefficient (Wildman–Crippen LogP) is 3.13. The number of hydrogen-bond donors (Lipinski definition) is 1. The minimum atomic E-state index is -0.930. The first-order chi connectivity index (χ1) is 7.77. The normalized spacial score (nSPS) is 10.2. The van der Waals surface area contributed by atoms with Gasteiger partial charge in [-0.1, -0.05) is 6.07 Å². The second-order valence-corrected chi connectivity index (χ2v) is 5.05. The molecule has 0 aromatic carbocycles. The smallest absolute Gasteiger partial charge is 0.349 e. The minimum Gasteiger partial charge on any atom is -0.491 e. The van der Waals surface area contributed by atoms with E-state index in [-0.39, 0.29) is 4.88 Å². The Morgan fingerprint density at radius 1 is 1.31 bits per heavy atom. The topological polar surface area (TPSA) is 46.5 Å². The van der Waals surface area contributed by atoms with Crippen LogP contribution < -0.4 is 4.74 Å². The Morgan fingerprint density at radius 2 is 2.19 bits per heavy atom. The molecule has 1 N–H and O–H groups in total. The number of carbonyl (C=O) groups is 1. The molecule has 0 amide bonds. The van der Waals surface area contributed by atoms with Crippen molar-refractivity contribution in [3.63, 3.8) is 0 Å². The molecular formula is C11H10O3S2. The molecule has 2 aromatic heterocycles. The van der Waals surface area contributed by atoms with Gasteiger partial charge in [0.05, 0.1) is 6.61 Å². The van der Waals surface area contributed by atoms with Gasteiger partial charge in [-0.05, 0) is 22.9 Å². The molecule has 0 fully saturated rings. The third kappa shape index (κ3) is 2.62. The van der Waals surface area contributed by atoms with Gasteiger partial charge in [0, 0.05) is 11.3 Å². The molecule has 0 bridgehead atoms. The highest BCUT2D eigenvalue weighted by Gasteiger charge is 2.12. The number of hydrogen-bond acceptors (Lipinski definition) is 4. The molecule has 16 heavy (non-hydrogen) atoms. The van der Waals surface area contributed by atoms with Gasteiger partial charge >= 0.3 is 5.97 Å². The van der Waals surface area contributed by atoms with Crippen LogP contribution in [-0.2, 0) is 6.42 Å². The molecule has 84 valence electrons. The van der Waals surface area contributed by atoms with Crippen molar-refractivity contribution in [2.45, 2.75) is 6.42 Å². The summed E-state index contributed by atoms with van der Waals surface area (Å²) in [5.41, 5.74) is 0. The Bertz CT molecular complexity index is 459. The first-order valence-corrected chi connectivity index (χ1v) is 6.49. The van der Waals surface area contributed by atoms with Crippen molar-refractivity contribution in [2.75, 3.05) is 6.61 Å². The molecule has 2 aromatic rings. The first-order valence-electron chi connectivity index (χ1n) is 4.73. The molecule has 0 aliphatic carbocycles. The van der Waals surface area contributed by atoms with Crippen LogP contribution in [0, 0.1) is 0 Å². The van der Waals surface area contributed by atoms with E-state index < -0.39 is 5.97 Å². The second kappa shape index (κ2) is 5.14. The molecule has 0 unspecified atom stereocenters. The van der Waals surface area contributed by atoms with Gasteiger partial charge in [0.15, 0.2) is 4.88 Å². The van der Waals surface area contributed by atoms with Gasteiger partial charge in [-0.15, -0.1) is 22.7 Å². The fraction of sp³-hybridized carbons (Fsp3) is 0.182. The van der Waals surface area contributed by atoms with Crippen LogP contribution in [0.5, 0.6) is 5.75 Å². The molecule has 0 saturated heterocycles. The summed E-state index contributed by atoms with van der Waals surface area (Å²) in [7, 11) is 0. The lowest BCUT2D eigenvalue weighted by Crippen LogP contribution is -2.03. The summed E-state index contributed by atoms with van der Waals surface area (Å²) in [6, 6.07) is 5.73. The molecule has 0 aliphatic heterocycles. The monoisotopic (exact) mass is 254 g/mol. The number of carboxylic acid groups (broad SMARTS) is 1. The molecule has 0 atom stereocenters. The van der Waals surface area contributed by atoms with Crippen molar-refractivity contribution >= 4 is 28.6 Å². The van der Waals surface area contributed by atoms with E-state index in [1.807, 2.05) is 17.5 Å². The highest BCUT2D eigenvalue weighted by molar-refractivity contribution is 7.12. The first kappa shape index (κ1) is 11.2. The molecule has 0 saturated carbocycles. The van der Waals surface area contributed by atoms with Gasteiger partial charge in [-0.25, -0.2) is 4.79 Å². The van der Waals surface area contributed by atoms with E-state index in [1.165, 1.54) is 16.2 Å². The lowest BCUT2D eigenvalue weighted by molar-refractivity contribution is 0.0698. The van der Waals surface area contributed by atoms with Crippen LogP contribution in [0.15, 0.2) is 29.0 Å². The SMILES string of the molecule is O=C(O)c1sccc1OCCc1cccs1. The third-order valence-corrected chi connectivity index (χ3v) is 3.83. The third-order valence-electron chi connectivity index (χ3n) is 2.01. The average molecular weight is 254 g/mol. The van der Waals surface area contributed by atoms with E-state index in [1.54, 1.807) is 22.8 Å². The van der Waals surface area contributed by atoms with E-state index in [0.717, 1.165) is 6.42 Å². The fourth-order valence-corrected chi connectivity index (χ4v) is 2.65. The van der Waals surface area contributed by atoms with Gasteiger partial charge in [0.1, 0.15) is 5.75 Å². The fourth-order valence-electron chi connectivity index (χ4n) is 1.28. The molecule has 0 spiro atoms. The summed E-state index contributed by atoms with van der Waals surface area (Å²) in [6.07, 6.45) is 0.812. The van der Waals surface area contributed by atoms with Crippen LogP contribution in [0.1, 0.15) is 14.5 Å². The van der Waals surface area contributed by atoms with Crippen LogP contribution in [0.2, 0.25) is 0 Å². The van der Waals surface area contributed by atoms with Gasteiger partial charge in [-0.2, -0.15) is 0 Å². The van der Waals surface area contributed by atoms with Crippen molar-refractivity contribution in [3.8, 4) is 5.75 Å². The maximum absolute atomic E-state index is 10.8. The van der Waals surface area contributed by atoms with Crippen LogP contribution in [0.3, 0.4) is 0 Å². The lowest BCUT2D eigenvalue weighted by Gasteiger charge is -2.03. The Kier molecular flexibility index (Phi) is 3.58. The number of carboxylic acids is 1. The molecule has 3 nitrogen and oxygen atoms in total. The zero-order valence-electron chi connectivity index (χ0n) is 8.38. The van der Waals surface area contributed by atoms with Gasteiger partial charge < -0.3 is 9.84 Å². The number of rotatable bonds is 5. The van der Waals surface area contributed by atoms with Crippen LogP contribution >= 0.6 is 22.7 Å². The van der Waals surface area contributed by atoms with Crippen LogP contribution in [0.4, 0.5) is 0 Å². The van der Waals surface area contributed by atoms with Gasteiger partial charge in [0.2, 0.25) is 0 Å². The van der Waals surface area contributed by atoms with Crippen molar-refractivity contribution in [1.29, 1.82) is 0 Å². The van der Waals surface area contributed by atoms with Crippen molar-refractivity contribution in [3.05, 3.63) is 38.7 Å². The number of ether oxygens (including phenoxy) is 1. The highest BCUT2D eigenvalue weighted by atomic mass is 32.1. The Labute approximate surface area is 101 Å². The Hall–Kier alpha value is -1.33. The molecule has 2 heterocycles. The van der Waals surface area contributed by atoms with E-state index in [4.69, 9.17) is 9.84 Å². The molecule has 0 radical (unpaired) electrons. The van der Waals surface area contributed by atoms with Crippen LogP contribution in [-0.4, -0.2) is 17.7 Å². The maximum Gasteiger partial charge on any atom is 0.349 e. The largest absolute Gasteiger partial charge is 0.491 e. The highest BCUT2D eigenvalue weighted by Crippen LogP contribution is 2.24. The van der Waals surface area contributed by atoms with Crippen molar-refractivity contribution in [1.82, 2.24) is 0 Å². The van der Waals surface area contributed by atoms with E-state index in [0.29, 0.717) is 12.4 Å². The molecular weight excluding hydrogens is 244 g/mol. The van der Waals surface area contributed by atoms with Gasteiger partial charge in [-0.3, -0.25) is 0 Å². The zero-order valence-corrected chi connectivity index (χ0v) is 10.0. The summed E-state index contributed by atoms with van der Waals surface area (Å²) in [4.78, 5) is 12.3. The number of aromatic carboxylic acids is 1. The maximum atomic E-state index is 10.8. The summed E-state index contributed by atoms with van der Waals surface area (Å²) in [6.45, 7) is 0.511. The Balaban J connectivity index is 1.90. The van der Waals surface area contributed by atoms with E-state index in [9.17, 15) is 4.79 Å². The summed E-state index contributed by atoms with van der Waals surface area (Å²) in [5, 5.41) is 12.6. The minimum absolute atomic E-state index is 0.270. The second-order valence-electron chi connectivity index (χ2n) is 3.10. The van der Waals surface area contributed by atoms with Crippen molar-refractivity contribution in [2.24, 2.45) is 0 Å². The zero-order chi connectivity index (χ0) is 11.4. The standard InChI is InChI=1S/C11H10O3S2/c12-11(13)10-9(4-7-16-10)14-5-3-8-2-1-6-15-8/h1-2,4,6-7H,3,5H2,(H,12,13).